The normalized spacial score (nSPS) is 26.4. The number of rotatable bonds is 2. The molecule has 2 unspecified atom stereocenters. The number of carbonyl (C=O) groups is 1. The van der Waals surface area contributed by atoms with Crippen LogP contribution >= 0.6 is 11.3 Å². The topological polar surface area (TPSA) is 42.0 Å². The predicted octanol–water partition coefficient (Wildman–Crippen LogP) is 2.06. The van der Waals surface area contributed by atoms with Gasteiger partial charge in [-0.25, -0.2) is 0 Å². The zero-order chi connectivity index (χ0) is 9.97. The molecule has 0 aliphatic heterocycles. The number of thiazole rings is 1. The number of amides is 1. The average molecular weight is 210 g/mol. The van der Waals surface area contributed by atoms with E-state index >= 15 is 0 Å². The summed E-state index contributed by atoms with van der Waals surface area (Å²) < 4.78 is 0. The van der Waals surface area contributed by atoms with Gasteiger partial charge in [-0.1, -0.05) is 6.92 Å². The second kappa shape index (κ2) is 4.09. The molecule has 1 aromatic rings. The summed E-state index contributed by atoms with van der Waals surface area (Å²) >= 11 is 1.39. The Morgan fingerprint density at radius 2 is 2.50 bits per heavy atom. The highest BCUT2D eigenvalue weighted by molar-refractivity contribution is 7.11. The quantitative estimate of drug-likeness (QED) is 0.812. The molecular formula is C10H14N2OS. The first kappa shape index (κ1) is 9.65. The van der Waals surface area contributed by atoms with Gasteiger partial charge in [-0.2, -0.15) is 0 Å². The summed E-state index contributed by atoms with van der Waals surface area (Å²) in [6.07, 6.45) is 5.09. The van der Waals surface area contributed by atoms with Crippen molar-refractivity contribution >= 4 is 17.2 Å². The monoisotopic (exact) mass is 210 g/mol. The van der Waals surface area contributed by atoms with E-state index in [-0.39, 0.29) is 5.91 Å². The van der Waals surface area contributed by atoms with E-state index < -0.39 is 0 Å². The molecular weight excluding hydrogens is 196 g/mol. The maximum Gasteiger partial charge on any atom is 0.263 e. The smallest absolute Gasteiger partial charge is 0.263 e. The molecule has 1 heterocycles. The van der Waals surface area contributed by atoms with Crippen molar-refractivity contribution in [1.82, 2.24) is 10.3 Å². The van der Waals surface area contributed by atoms with Crippen molar-refractivity contribution < 1.29 is 4.79 Å². The summed E-state index contributed by atoms with van der Waals surface area (Å²) in [6.45, 7) is 2.23. The van der Waals surface area contributed by atoms with E-state index in [9.17, 15) is 4.79 Å². The van der Waals surface area contributed by atoms with Gasteiger partial charge < -0.3 is 5.32 Å². The Morgan fingerprint density at radius 3 is 3.07 bits per heavy atom. The lowest BCUT2D eigenvalue weighted by atomic mass is 10.1. The maximum absolute atomic E-state index is 11.6. The van der Waals surface area contributed by atoms with Crippen LogP contribution in [-0.2, 0) is 0 Å². The Morgan fingerprint density at radius 1 is 1.64 bits per heavy atom. The Bertz CT molecular complexity index is 310. The van der Waals surface area contributed by atoms with Crippen LogP contribution in [0, 0.1) is 5.92 Å². The first-order valence-corrected chi connectivity index (χ1v) is 5.83. The average Bonchev–Trinajstić information content (AvgIpc) is 2.75. The Kier molecular flexibility index (Phi) is 2.82. The van der Waals surface area contributed by atoms with Gasteiger partial charge >= 0.3 is 0 Å². The number of aromatic nitrogens is 1. The number of carbonyl (C=O) groups excluding carboxylic acids is 1. The van der Waals surface area contributed by atoms with Crippen LogP contribution in [0.15, 0.2) is 11.7 Å². The van der Waals surface area contributed by atoms with Crippen LogP contribution in [0.4, 0.5) is 0 Å². The first-order valence-electron chi connectivity index (χ1n) is 4.95. The fraction of sp³-hybridized carbons (Fsp3) is 0.600. The van der Waals surface area contributed by atoms with Crippen LogP contribution in [0.25, 0.3) is 0 Å². The summed E-state index contributed by atoms with van der Waals surface area (Å²) in [5, 5.41) is 3.04. The van der Waals surface area contributed by atoms with E-state index in [2.05, 4.69) is 17.2 Å². The number of hydrogen-bond acceptors (Lipinski definition) is 3. The van der Waals surface area contributed by atoms with Crippen molar-refractivity contribution in [3.63, 3.8) is 0 Å². The highest BCUT2D eigenvalue weighted by Crippen LogP contribution is 2.24. The summed E-state index contributed by atoms with van der Waals surface area (Å²) in [5.74, 6) is 0.786. The molecule has 1 saturated carbocycles. The van der Waals surface area contributed by atoms with Crippen molar-refractivity contribution in [2.45, 2.75) is 32.2 Å². The van der Waals surface area contributed by atoms with E-state index in [0.717, 1.165) is 18.8 Å². The molecule has 0 saturated heterocycles. The van der Waals surface area contributed by atoms with Gasteiger partial charge in [0.05, 0.1) is 11.7 Å². The maximum atomic E-state index is 11.6. The summed E-state index contributed by atoms with van der Waals surface area (Å²) in [5.41, 5.74) is 1.69. The van der Waals surface area contributed by atoms with E-state index in [1.165, 1.54) is 17.8 Å². The van der Waals surface area contributed by atoms with Gasteiger partial charge in [0.1, 0.15) is 4.88 Å². The zero-order valence-electron chi connectivity index (χ0n) is 8.19. The Hall–Kier alpha value is -0.900. The molecule has 0 spiro atoms. The van der Waals surface area contributed by atoms with Crippen LogP contribution in [0.5, 0.6) is 0 Å². The molecule has 4 heteroatoms. The Labute approximate surface area is 87.6 Å². The molecule has 1 amide bonds. The molecule has 1 aliphatic carbocycles. The van der Waals surface area contributed by atoms with E-state index in [1.54, 1.807) is 11.7 Å². The lowest BCUT2D eigenvalue weighted by Crippen LogP contribution is -2.32. The summed E-state index contributed by atoms with van der Waals surface area (Å²) in [4.78, 5) is 16.2. The van der Waals surface area contributed by atoms with Crippen molar-refractivity contribution in [2.75, 3.05) is 0 Å². The highest BCUT2D eigenvalue weighted by atomic mass is 32.1. The van der Waals surface area contributed by atoms with Gasteiger partial charge in [0.25, 0.3) is 5.91 Å². The van der Waals surface area contributed by atoms with Crippen molar-refractivity contribution in [1.29, 1.82) is 0 Å². The Balaban J connectivity index is 1.89. The third-order valence-electron chi connectivity index (χ3n) is 2.69. The van der Waals surface area contributed by atoms with Gasteiger partial charge in [-0.05, 0) is 25.2 Å². The van der Waals surface area contributed by atoms with Gasteiger partial charge in [-0.3, -0.25) is 9.78 Å². The SMILES string of the molecule is CC1CCC(NC(=O)c2cncs2)C1. The molecule has 3 nitrogen and oxygen atoms in total. The standard InChI is InChI=1S/C10H14N2OS/c1-7-2-3-8(4-7)12-10(13)9-5-11-6-14-9/h5-8H,2-4H2,1H3,(H,12,13). The zero-order valence-corrected chi connectivity index (χ0v) is 9.01. The lowest BCUT2D eigenvalue weighted by Gasteiger charge is -2.10. The fourth-order valence-electron chi connectivity index (χ4n) is 1.92. The molecule has 1 aliphatic rings. The minimum absolute atomic E-state index is 0.0339. The second-order valence-electron chi connectivity index (χ2n) is 3.95. The molecule has 2 atom stereocenters. The van der Waals surface area contributed by atoms with Crippen molar-refractivity contribution in [3.8, 4) is 0 Å². The third-order valence-corrected chi connectivity index (χ3v) is 3.46. The molecule has 0 aromatic carbocycles. The molecule has 0 radical (unpaired) electrons. The second-order valence-corrected chi connectivity index (χ2v) is 4.84. The van der Waals surface area contributed by atoms with Crippen LogP contribution in [0.2, 0.25) is 0 Å². The van der Waals surface area contributed by atoms with Gasteiger partial charge in [0, 0.05) is 6.04 Å². The van der Waals surface area contributed by atoms with Gasteiger partial charge in [0.2, 0.25) is 0 Å². The lowest BCUT2D eigenvalue weighted by molar-refractivity contribution is 0.0941. The highest BCUT2D eigenvalue weighted by Gasteiger charge is 2.23. The number of nitrogens with zero attached hydrogens (tertiary/aromatic N) is 1. The van der Waals surface area contributed by atoms with E-state index in [0.29, 0.717) is 10.9 Å². The number of hydrogen-bond donors (Lipinski definition) is 1. The van der Waals surface area contributed by atoms with Crippen molar-refractivity contribution in [2.24, 2.45) is 5.92 Å². The number of nitrogens with one attached hydrogen (secondary N) is 1. The van der Waals surface area contributed by atoms with E-state index in [4.69, 9.17) is 0 Å². The predicted molar refractivity (Wildman–Crippen MR) is 56.4 cm³/mol. The summed E-state index contributed by atoms with van der Waals surface area (Å²) in [6, 6.07) is 0.375. The van der Waals surface area contributed by atoms with Crippen LogP contribution < -0.4 is 5.32 Å². The van der Waals surface area contributed by atoms with Gasteiger partial charge in [-0.15, -0.1) is 11.3 Å². The largest absolute Gasteiger partial charge is 0.349 e. The van der Waals surface area contributed by atoms with Gasteiger partial charge in [0.15, 0.2) is 0 Å². The molecule has 2 rings (SSSR count). The summed E-state index contributed by atoms with van der Waals surface area (Å²) in [7, 11) is 0. The molecule has 1 fully saturated rings. The van der Waals surface area contributed by atoms with Crippen LogP contribution in [0.1, 0.15) is 35.9 Å². The molecule has 1 aromatic heterocycles. The van der Waals surface area contributed by atoms with Crippen molar-refractivity contribution in [3.05, 3.63) is 16.6 Å². The van der Waals surface area contributed by atoms with E-state index in [1.807, 2.05) is 0 Å². The molecule has 76 valence electrons. The van der Waals surface area contributed by atoms with Crippen LogP contribution in [-0.4, -0.2) is 16.9 Å². The fourth-order valence-corrected chi connectivity index (χ4v) is 2.45. The molecule has 14 heavy (non-hydrogen) atoms. The molecule has 0 bridgehead atoms. The molecule has 1 N–H and O–H groups in total. The first-order chi connectivity index (χ1) is 6.75. The minimum atomic E-state index is 0.0339. The van der Waals surface area contributed by atoms with Crippen LogP contribution in [0.3, 0.4) is 0 Å². The third kappa shape index (κ3) is 2.12. The minimum Gasteiger partial charge on any atom is -0.349 e.